The summed E-state index contributed by atoms with van der Waals surface area (Å²) in [5.74, 6) is -5.62. The zero-order chi connectivity index (χ0) is 38.0. The predicted molar refractivity (Wildman–Crippen MR) is 186 cm³/mol. The summed E-state index contributed by atoms with van der Waals surface area (Å²) in [7, 11) is -2.89. The molecule has 0 aliphatic heterocycles. The number of sulfonamides is 1. The minimum atomic E-state index is -4.43. The van der Waals surface area contributed by atoms with Gasteiger partial charge in [0.05, 0.1) is 21.8 Å². The highest BCUT2D eigenvalue weighted by Gasteiger charge is 2.26. The molecule has 13 nitrogen and oxygen atoms in total. The topological polar surface area (TPSA) is 186 Å². The van der Waals surface area contributed by atoms with Crippen molar-refractivity contribution < 1.29 is 36.7 Å². The molecule has 0 aliphatic rings. The molecule has 1 heterocycles. The number of hydrogen-bond donors (Lipinski definition) is 4. The Morgan fingerprint density at radius 1 is 0.922 bits per heavy atom. The van der Waals surface area contributed by atoms with Crippen molar-refractivity contribution in [2.24, 2.45) is 12.5 Å². The lowest BCUT2D eigenvalue weighted by molar-refractivity contribution is -0.139. The van der Waals surface area contributed by atoms with E-state index in [-0.39, 0.29) is 23.6 Å². The molecule has 16 heteroatoms. The smallest absolute Gasteiger partial charge is 0.335 e. The van der Waals surface area contributed by atoms with E-state index >= 15 is 8.78 Å². The van der Waals surface area contributed by atoms with E-state index in [1.165, 1.54) is 28.8 Å². The van der Waals surface area contributed by atoms with Gasteiger partial charge in [0.15, 0.2) is 0 Å². The van der Waals surface area contributed by atoms with Crippen molar-refractivity contribution in [1.82, 2.24) is 14.5 Å². The van der Waals surface area contributed by atoms with Gasteiger partial charge in [-0.3, -0.25) is 19.1 Å². The number of carbonyl (C=O) groups excluding carboxylic acids is 2. The lowest BCUT2D eigenvalue weighted by Crippen LogP contribution is -2.41. The number of nitrogens with zero attached hydrogens (tertiary/aromatic N) is 2. The van der Waals surface area contributed by atoms with Crippen molar-refractivity contribution >= 4 is 39.2 Å². The van der Waals surface area contributed by atoms with E-state index in [1.807, 2.05) is 4.72 Å². The number of rotatable bonds is 11. The molecule has 0 fully saturated rings. The third kappa shape index (κ3) is 8.57. The largest absolute Gasteiger partial charge is 0.480 e. The second-order valence-electron chi connectivity index (χ2n) is 12.9. The number of carboxylic acids is 1. The second kappa shape index (κ2) is 14.7. The molecular weight excluding hydrogens is 688 g/mol. The number of aromatic nitrogens is 2. The van der Waals surface area contributed by atoms with Gasteiger partial charge in [-0.15, -0.1) is 0 Å². The van der Waals surface area contributed by atoms with E-state index in [2.05, 4.69) is 10.6 Å². The van der Waals surface area contributed by atoms with E-state index in [0.717, 1.165) is 16.7 Å². The lowest BCUT2D eigenvalue weighted by Gasteiger charge is -2.18. The molecule has 2 amide bonds. The van der Waals surface area contributed by atoms with Gasteiger partial charge < -0.3 is 20.3 Å². The van der Waals surface area contributed by atoms with Crippen LogP contribution in [-0.4, -0.2) is 46.5 Å². The Morgan fingerprint density at radius 3 is 2.10 bits per heavy atom. The van der Waals surface area contributed by atoms with Gasteiger partial charge in [0.2, 0.25) is 5.91 Å². The van der Waals surface area contributed by atoms with E-state index in [9.17, 15) is 37.5 Å². The Bertz CT molecular complexity index is 2210. The maximum atomic E-state index is 15.0. The fourth-order valence-electron chi connectivity index (χ4n) is 4.84. The molecule has 1 atom stereocenters. The van der Waals surface area contributed by atoms with E-state index in [0.29, 0.717) is 40.3 Å². The average Bonchev–Trinajstić information content (AvgIpc) is 3.06. The highest BCUT2D eigenvalue weighted by molar-refractivity contribution is 7.92. The molecule has 3 aromatic carbocycles. The Kier molecular flexibility index (Phi) is 11.0. The van der Waals surface area contributed by atoms with Crippen molar-refractivity contribution in [1.29, 1.82) is 0 Å². The van der Waals surface area contributed by atoms with Gasteiger partial charge >= 0.3 is 11.7 Å². The Hall–Kier alpha value is -5.64. The molecule has 0 unspecified atom stereocenters. The number of benzene rings is 3. The van der Waals surface area contributed by atoms with Crippen LogP contribution in [0.5, 0.6) is 0 Å². The molecule has 4 rings (SSSR count). The molecule has 51 heavy (non-hydrogen) atoms. The van der Waals surface area contributed by atoms with Crippen LogP contribution in [0, 0.1) is 30.9 Å². The van der Waals surface area contributed by atoms with Gasteiger partial charge in [0.1, 0.15) is 17.7 Å². The first-order valence-electron chi connectivity index (χ1n) is 15.6. The van der Waals surface area contributed by atoms with Crippen molar-refractivity contribution in [2.75, 3.05) is 10.0 Å². The zero-order valence-corrected chi connectivity index (χ0v) is 29.4. The molecule has 4 N–H and O–H groups in total. The molecule has 0 radical (unpaired) electrons. The molecule has 1 aromatic heterocycles. The maximum Gasteiger partial charge on any atom is 0.335 e. The van der Waals surface area contributed by atoms with Gasteiger partial charge in [0, 0.05) is 35.5 Å². The highest BCUT2D eigenvalue weighted by Crippen LogP contribution is 2.25. The summed E-state index contributed by atoms with van der Waals surface area (Å²) < 4.78 is 60.1. The minimum Gasteiger partial charge on any atom is -0.480 e. The van der Waals surface area contributed by atoms with Crippen molar-refractivity contribution in [2.45, 2.75) is 58.4 Å². The Morgan fingerprint density at radius 2 is 1.53 bits per heavy atom. The van der Waals surface area contributed by atoms with Crippen LogP contribution in [0.2, 0.25) is 0 Å². The van der Waals surface area contributed by atoms with E-state index in [4.69, 9.17) is 0 Å². The quantitative estimate of drug-likeness (QED) is 0.179. The average molecular weight is 726 g/mol. The fourth-order valence-corrected chi connectivity index (χ4v) is 5.90. The summed E-state index contributed by atoms with van der Waals surface area (Å²) in [4.78, 5) is 62.2. The number of carboxylic acid groups (broad SMARTS) is 1. The lowest BCUT2D eigenvalue weighted by atomic mass is 9.95. The number of carbonyl (C=O) groups is 3. The first kappa shape index (κ1) is 38.2. The minimum absolute atomic E-state index is 0.110. The van der Waals surface area contributed by atoms with Crippen molar-refractivity contribution in [3.8, 4) is 5.69 Å². The summed E-state index contributed by atoms with van der Waals surface area (Å²) in [6.07, 6.45) is -0.0503. The third-order valence-electron chi connectivity index (χ3n) is 8.22. The van der Waals surface area contributed by atoms with Gasteiger partial charge in [0.25, 0.3) is 21.5 Å². The number of hydrogen-bond acceptors (Lipinski definition) is 7. The molecule has 0 bridgehead atoms. The number of amides is 2. The van der Waals surface area contributed by atoms with Crippen LogP contribution >= 0.6 is 0 Å². The van der Waals surface area contributed by atoms with Gasteiger partial charge in [-0.1, -0.05) is 32.9 Å². The Balaban J connectivity index is 1.44. The van der Waals surface area contributed by atoms with Gasteiger partial charge in [-0.25, -0.2) is 31.4 Å². The maximum absolute atomic E-state index is 15.0. The van der Waals surface area contributed by atoms with Gasteiger partial charge in [-0.2, -0.15) is 0 Å². The molecule has 4 aromatic rings. The normalized spacial score (nSPS) is 12.2. The number of aliphatic carboxylic acids is 1. The van der Waals surface area contributed by atoms with Crippen LogP contribution in [0.1, 0.15) is 54.4 Å². The van der Waals surface area contributed by atoms with Gasteiger partial charge in [-0.05, 0) is 74.7 Å². The molecule has 0 spiro atoms. The van der Waals surface area contributed by atoms with Crippen LogP contribution in [-0.2, 0) is 33.1 Å². The van der Waals surface area contributed by atoms with Crippen molar-refractivity contribution in [3.63, 3.8) is 0 Å². The highest BCUT2D eigenvalue weighted by atomic mass is 32.2. The summed E-state index contributed by atoms with van der Waals surface area (Å²) in [5, 5.41) is 14.5. The number of anilines is 2. The van der Waals surface area contributed by atoms with Crippen LogP contribution in [0.4, 0.5) is 20.2 Å². The van der Waals surface area contributed by atoms with Crippen LogP contribution in [0.25, 0.3) is 5.69 Å². The van der Waals surface area contributed by atoms with Crippen LogP contribution in [0.15, 0.2) is 75.1 Å². The first-order valence-corrected chi connectivity index (χ1v) is 17.0. The molecule has 270 valence electrons. The standard InChI is InChI=1S/C35H37F2N5O8S/c1-19-20(2)41(6)34(48)42(31(19)44)23-12-7-21(8-13-23)9-16-28(32(45)46)39-30(43)25-17-27(37)29(18-26(25)36)40-51(49,50)24-14-10-22(11-15-24)38-33(47)35(3,4)5/h7-8,10-15,17-18,28,40H,9,16H2,1-6H3,(H,38,47)(H,39,43)(H,45,46)/t28-/m0/s1. The molecule has 0 saturated heterocycles. The van der Waals surface area contributed by atoms with Crippen molar-refractivity contribution in [3.05, 3.63) is 116 Å². The number of aryl methyl sites for hydroxylation is 1. The monoisotopic (exact) mass is 725 g/mol. The summed E-state index contributed by atoms with van der Waals surface area (Å²) in [6.45, 7) is 8.37. The fraction of sp³-hybridized carbons (Fsp3) is 0.286. The molecule has 0 saturated carbocycles. The zero-order valence-electron chi connectivity index (χ0n) is 28.6. The Labute approximate surface area is 292 Å². The van der Waals surface area contributed by atoms with Crippen LogP contribution < -0.4 is 26.6 Å². The molecule has 0 aliphatic carbocycles. The predicted octanol–water partition coefficient (Wildman–Crippen LogP) is 4.03. The summed E-state index contributed by atoms with van der Waals surface area (Å²) in [5.41, 5.74) is -1.20. The number of nitrogens with one attached hydrogen (secondary N) is 3. The SMILES string of the molecule is Cc1c(C)n(C)c(=O)n(-c2ccc(CC[C@H](NC(=O)c3cc(F)c(NS(=O)(=O)c4ccc(NC(=O)C(C)(C)C)cc4)cc3F)C(=O)O)cc2)c1=O. The van der Waals surface area contributed by atoms with E-state index < -0.39 is 67.5 Å². The number of halogens is 2. The molecular formula is C35H37F2N5O8S. The third-order valence-corrected chi connectivity index (χ3v) is 9.60. The summed E-state index contributed by atoms with van der Waals surface area (Å²) in [6, 6.07) is 10.6. The second-order valence-corrected chi connectivity index (χ2v) is 14.6. The van der Waals surface area contributed by atoms with Crippen LogP contribution in [0.3, 0.4) is 0 Å². The van der Waals surface area contributed by atoms with E-state index in [1.54, 1.807) is 53.8 Å². The first-order chi connectivity index (χ1) is 23.7. The summed E-state index contributed by atoms with van der Waals surface area (Å²) >= 11 is 0.